The molecule has 1 aromatic heterocycles. The lowest BCUT2D eigenvalue weighted by Gasteiger charge is -2.15. The van der Waals surface area contributed by atoms with E-state index in [1.807, 2.05) is 36.6 Å². The van der Waals surface area contributed by atoms with Crippen LogP contribution in [-0.2, 0) is 16.6 Å². The second kappa shape index (κ2) is 7.38. The van der Waals surface area contributed by atoms with Gasteiger partial charge in [0.2, 0.25) is 21.7 Å². The number of thioether (sulfide) groups is 1. The monoisotopic (exact) mass is 375 g/mol. The number of rotatable bonds is 6. The summed E-state index contributed by atoms with van der Waals surface area (Å²) in [6.45, 7) is 0.00639. The van der Waals surface area contributed by atoms with Gasteiger partial charge >= 0.3 is 0 Å². The van der Waals surface area contributed by atoms with Crippen LogP contribution in [0.25, 0.3) is 11.4 Å². The van der Waals surface area contributed by atoms with E-state index in [-0.39, 0.29) is 17.3 Å². The molecule has 1 heterocycles. The van der Waals surface area contributed by atoms with Crippen LogP contribution in [0.1, 0.15) is 5.89 Å². The minimum Gasteiger partial charge on any atom is -0.338 e. The maximum absolute atomic E-state index is 12.6. The van der Waals surface area contributed by atoms with Gasteiger partial charge in [0.1, 0.15) is 0 Å². The lowest BCUT2D eigenvalue weighted by Crippen LogP contribution is -2.26. The Bertz CT molecular complexity index is 939. The first-order chi connectivity index (χ1) is 12.0. The number of nitrogens with zero attached hydrogens (tertiary/aromatic N) is 3. The maximum Gasteiger partial charge on any atom is 0.243 e. The van der Waals surface area contributed by atoms with Crippen molar-refractivity contribution in [2.24, 2.45) is 0 Å². The fraction of sp³-hybridized carbons (Fsp3) is 0.176. The molecule has 25 heavy (non-hydrogen) atoms. The fourth-order valence-electron chi connectivity index (χ4n) is 2.23. The third kappa shape index (κ3) is 3.92. The van der Waals surface area contributed by atoms with Gasteiger partial charge < -0.3 is 4.52 Å². The lowest BCUT2D eigenvalue weighted by atomic mass is 10.2. The molecule has 0 aliphatic rings. The molecule has 0 radical (unpaired) electrons. The van der Waals surface area contributed by atoms with Crippen LogP contribution in [0.4, 0.5) is 0 Å². The summed E-state index contributed by atoms with van der Waals surface area (Å²) in [6.07, 6.45) is 1.94. The molecule has 0 aliphatic carbocycles. The van der Waals surface area contributed by atoms with E-state index in [1.54, 1.807) is 36.0 Å². The molecule has 0 spiro atoms. The molecule has 0 unspecified atom stereocenters. The molecule has 6 nitrogen and oxygen atoms in total. The molecular formula is C17H17N3O3S2. The number of aromatic nitrogens is 2. The Kier molecular flexibility index (Phi) is 5.22. The van der Waals surface area contributed by atoms with E-state index in [0.717, 1.165) is 10.5 Å². The smallest absolute Gasteiger partial charge is 0.243 e. The summed E-state index contributed by atoms with van der Waals surface area (Å²) in [5.74, 6) is 0.677. The van der Waals surface area contributed by atoms with Gasteiger partial charge in [-0.3, -0.25) is 0 Å². The lowest BCUT2D eigenvalue weighted by molar-refractivity contribution is 0.337. The molecule has 0 saturated carbocycles. The zero-order valence-electron chi connectivity index (χ0n) is 13.8. The van der Waals surface area contributed by atoms with Crippen LogP contribution in [0.2, 0.25) is 0 Å². The van der Waals surface area contributed by atoms with Gasteiger partial charge in [-0.15, -0.1) is 11.8 Å². The van der Waals surface area contributed by atoms with Crippen molar-refractivity contribution in [3.05, 3.63) is 60.5 Å². The van der Waals surface area contributed by atoms with Gasteiger partial charge in [0.05, 0.1) is 11.4 Å². The normalized spacial score (nSPS) is 11.8. The van der Waals surface area contributed by atoms with E-state index in [9.17, 15) is 8.42 Å². The molecule has 3 rings (SSSR count). The predicted molar refractivity (Wildman–Crippen MR) is 96.6 cm³/mol. The van der Waals surface area contributed by atoms with Crippen LogP contribution in [0.3, 0.4) is 0 Å². The predicted octanol–water partition coefficient (Wildman–Crippen LogP) is 3.28. The highest BCUT2D eigenvalue weighted by Gasteiger charge is 2.23. The minimum atomic E-state index is -3.62. The molecule has 0 amide bonds. The van der Waals surface area contributed by atoms with E-state index in [4.69, 9.17) is 4.52 Å². The average molecular weight is 375 g/mol. The van der Waals surface area contributed by atoms with Gasteiger partial charge in [0, 0.05) is 17.5 Å². The van der Waals surface area contributed by atoms with Gasteiger partial charge in [-0.05, 0) is 30.5 Å². The molecule has 0 atom stereocenters. The highest BCUT2D eigenvalue weighted by molar-refractivity contribution is 7.98. The second-order valence-corrected chi connectivity index (χ2v) is 8.24. The van der Waals surface area contributed by atoms with E-state index < -0.39 is 10.0 Å². The summed E-state index contributed by atoms with van der Waals surface area (Å²) in [6, 6.07) is 16.1. The number of hydrogen-bond acceptors (Lipinski definition) is 6. The Hall–Kier alpha value is -2.16. The van der Waals surface area contributed by atoms with Crippen molar-refractivity contribution in [2.45, 2.75) is 16.3 Å². The molecule has 0 bridgehead atoms. The molecule has 3 aromatic rings. The van der Waals surface area contributed by atoms with E-state index in [2.05, 4.69) is 10.1 Å². The number of hydrogen-bond donors (Lipinski definition) is 0. The summed E-state index contributed by atoms with van der Waals surface area (Å²) >= 11 is 1.56. The number of benzene rings is 2. The summed E-state index contributed by atoms with van der Waals surface area (Å²) in [5.41, 5.74) is 0.815. The van der Waals surface area contributed by atoms with E-state index in [0.29, 0.717) is 5.82 Å². The molecule has 2 aromatic carbocycles. The Balaban J connectivity index is 1.77. The molecular weight excluding hydrogens is 358 g/mol. The minimum absolute atomic E-state index is 0.00639. The van der Waals surface area contributed by atoms with Crippen molar-refractivity contribution in [3.8, 4) is 11.4 Å². The molecule has 8 heteroatoms. The van der Waals surface area contributed by atoms with Crippen LogP contribution < -0.4 is 0 Å². The molecule has 130 valence electrons. The zero-order valence-corrected chi connectivity index (χ0v) is 15.4. The van der Waals surface area contributed by atoms with Crippen LogP contribution >= 0.6 is 11.8 Å². The maximum atomic E-state index is 12.6. The first kappa shape index (κ1) is 17.7. The van der Waals surface area contributed by atoms with Crippen molar-refractivity contribution in [3.63, 3.8) is 0 Å². The van der Waals surface area contributed by atoms with Crippen molar-refractivity contribution < 1.29 is 12.9 Å². The average Bonchev–Trinajstić information content (AvgIpc) is 3.11. The number of sulfonamides is 1. The zero-order chi connectivity index (χ0) is 17.9. The second-order valence-electron chi connectivity index (χ2n) is 5.31. The molecule has 0 N–H and O–H groups in total. The quantitative estimate of drug-likeness (QED) is 0.616. The molecule has 0 fully saturated rings. The van der Waals surface area contributed by atoms with Crippen molar-refractivity contribution in [2.75, 3.05) is 13.3 Å². The van der Waals surface area contributed by atoms with Gasteiger partial charge in [-0.25, -0.2) is 8.42 Å². The van der Waals surface area contributed by atoms with E-state index in [1.165, 1.54) is 11.4 Å². The summed E-state index contributed by atoms with van der Waals surface area (Å²) in [7, 11) is -2.13. The Labute approximate surface area is 150 Å². The summed E-state index contributed by atoms with van der Waals surface area (Å²) < 4.78 is 31.7. The third-order valence-electron chi connectivity index (χ3n) is 3.63. The van der Waals surface area contributed by atoms with Crippen LogP contribution in [0.15, 0.2) is 68.9 Å². The molecule has 0 saturated heterocycles. The Morgan fingerprint density at radius 3 is 2.40 bits per heavy atom. The van der Waals surface area contributed by atoms with Crippen LogP contribution in [0.5, 0.6) is 0 Å². The van der Waals surface area contributed by atoms with Gasteiger partial charge in [0.15, 0.2) is 0 Å². The fourth-order valence-corrected chi connectivity index (χ4v) is 3.76. The SMILES string of the molecule is CSc1ccc(S(=O)(=O)N(C)Cc2nc(-c3ccccc3)no2)cc1. The summed E-state index contributed by atoms with van der Waals surface area (Å²) in [4.78, 5) is 5.51. The topological polar surface area (TPSA) is 76.3 Å². The standard InChI is InChI=1S/C17H17N3O3S2/c1-20(25(21,22)15-10-8-14(24-2)9-11-15)12-16-18-17(19-23-16)13-6-4-3-5-7-13/h3-11H,12H2,1-2H3. The van der Waals surface area contributed by atoms with Crippen LogP contribution in [0, 0.1) is 0 Å². The Morgan fingerprint density at radius 2 is 1.76 bits per heavy atom. The van der Waals surface area contributed by atoms with Crippen molar-refractivity contribution >= 4 is 21.8 Å². The van der Waals surface area contributed by atoms with Crippen LogP contribution in [-0.4, -0.2) is 36.2 Å². The van der Waals surface area contributed by atoms with Crippen molar-refractivity contribution in [1.29, 1.82) is 0 Å². The largest absolute Gasteiger partial charge is 0.338 e. The summed E-state index contributed by atoms with van der Waals surface area (Å²) in [5, 5.41) is 3.91. The first-order valence-electron chi connectivity index (χ1n) is 7.49. The Morgan fingerprint density at radius 1 is 1.08 bits per heavy atom. The van der Waals surface area contributed by atoms with Crippen molar-refractivity contribution in [1.82, 2.24) is 14.4 Å². The van der Waals surface area contributed by atoms with E-state index >= 15 is 0 Å². The van der Waals surface area contributed by atoms with Gasteiger partial charge in [-0.1, -0.05) is 35.5 Å². The van der Waals surface area contributed by atoms with Gasteiger partial charge in [-0.2, -0.15) is 9.29 Å². The highest BCUT2D eigenvalue weighted by atomic mass is 32.2. The van der Waals surface area contributed by atoms with Gasteiger partial charge in [0.25, 0.3) is 0 Å². The highest BCUT2D eigenvalue weighted by Crippen LogP contribution is 2.21. The third-order valence-corrected chi connectivity index (χ3v) is 6.19. The first-order valence-corrected chi connectivity index (χ1v) is 10.2. The molecule has 0 aliphatic heterocycles.